The number of unbranched alkanes of at least 4 members (excludes halogenated alkanes) is 20. The molecule has 2 unspecified atom stereocenters. The molecule has 0 aromatic rings. The summed E-state index contributed by atoms with van der Waals surface area (Å²) >= 11 is 0. The molecule has 0 radical (unpaired) electrons. The van der Waals surface area contributed by atoms with Gasteiger partial charge in [0, 0.05) is 12.8 Å². The Morgan fingerprint density at radius 2 is 0.701 bits per heavy atom. The Kier molecular flexibility index (Phi) is 54.6. The SMILES string of the molecule is CC/C=C\C/C=C\C/C=C\C/C=C\C/C=C\C/C=C\CCCCCCCCCCCCC(=O)OC(COC(=O)CCCCCCCCCCCC/C=C\C/C=C\C/C=C\C/C=C\CC)COC(OCC[N+](C)(C)C)C(=O)O. The summed E-state index contributed by atoms with van der Waals surface area (Å²) in [6, 6.07) is 0. The Labute approximate surface area is 472 Å². The summed E-state index contributed by atoms with van der Waals surface area (Å²) in [5, 5.41) is 9.72. The Hall–Kier alpha value is -4.31. The molecule has 0 heterocycles. The number of allylic oxidation sites excluding steroid dienone is 20. The van der Waals surface area contributed by atoms with Crippen molar-refractivity contribution in [3.8, 4) is 0 Å². The monoisotopic (exact) mass is 1070 g/mol. The first kappa shape index (κ1) is 72.7. The smallest absolute Gasteiger partial charge is 0.361 e. The lowest BCUT2D eigenvalue weighted by Gasteiger charge is -2.25. The van der Waals surface area contributed by atoms with Crippen LogP contribution >= 0.6 is 0 Å². The molecule has 0 spiro atoms. The van der Waals surface area contributed by atoms with E-state index in [-0.39, 0.29) is 38.6 Å². The average Bonchev–Trinajstić information content (AvgIpc) is 3.40. The van der Waals surface area contributed by atoms with E-state index in [1.165, 1.54) is 83.5 Å². The third-order valence-electron chi connectivity index (χ3n) is 12.7. The van der Waals surface area contributed by atoms with Crippen molar-refractivity contribution in [3.63, 3.8) is 0 Å². The molecule has 0 saturated heterocycles. The van der Waals surface area contributed by atoms with Crippen LogP contribution in [0.5, 0.6) is 0 Å². The minimum Gasteiger partial charge on any atom is -0.477 e. The maximum atomic E-state index is 12.9. The van der Waals surface area contributed by atoms with E-state index in [0.29, 0.717) is 17.4 Å². The number of nitrogens with zero attached hydrogens (tertiary/aromatic N) is 1. The van der Waals surface area contributed by atoms with Crippen LogP contribution in [-0.4, -0.2) is 87.4 Å². The number of carboxylic acid groups (broad SMARTS) is 1. The van der Waals surface area contributed by atoms with Crippen molar-refractivity contribution in [2.75, 3.05) is 47.5 Å². The van der Waals surface area contributed by atoms with E-state index >= 15 is 0 Å². The fraction of sp³-hybridized carbons (Fsp3) is 0.662. The molecular formula is C68H114NO8+. The van der Waals surface area contributed by atoms with E-state index in [0.717, 1.165) is 116 Å². The van der Waals surface area contributed by atoms with Crippen molar-refractivity contribution in [1.82, 2.24) is 0 Å². The molecular weight excluding hydrogens is 959 g/mol. The first-order valence-corrected chi connectivity index (χ1v) is 30.7. The number of ether oxygens (including phenoxy) is 4. The van der Waals surface area contributed by atoms with Gasteiger partial charge in [0.15, 0.2) is 6.10 Å². The van der Waals surface area contributed by atoms with Gasteiger partial charge >= 0.3 is 17.9 Å². The van der Waals surface area contributed by atoms with E-state index in [1.54, 1.807) is 0 Å². The number of carbonyl (C=O) groups excluding carboxylic acids is 2. The number of carbonyl (C=O) groups is 3. The van der Waals surface area contributed by atoms with Gasteiger partial charge in [-0.05, 0) is 103 Å². The van der Waals surface area contributed by atoms with Crippen LogP contribution in [0.25, 0.3) is 0 Å². The highest BCUT2D eigenvalue weighted by Gasteiger charge is 2.25. The summed E-state index contributed by atoms with van der Waals surface area (Å²) in [6.45, 7) is 4.64. The molecule has 1 N–H and O–H groups in total. The van der Waals surface area contributed by atoms with Gasteiger partial charge in [0.2, 0.25) is 0 Å². The molecule has 0 aromatic carbocycles. The molecule has 0 bridgehead atoms. The predicted molar refractivity (Wildman–Crippen MR) is 327 cm³/mol. The van der Waals surface area contributed by atoms with E-state index in [4.69, 9.17) is 18.9 Å². The van der Waals surface area contributed by atoms with E-state index in [1.807, 2.05) is 21.1 Å². The largest absolute Gasteiger partial charge is 0.477 e. The Morgan fingerprint density at radius 3 is 1.04 bits per heavy atom. The van der Waals surface area contributed by atoms with Gasteiger partial charge in [-0.2, -0.15) is 0 Å². The normalized spacial score (nSPS) is 13.6. The van der Waals surface area contributed by atoms with Crippen LogP contribution in [0.3, 0.4) is 0 Å². The highest BCUT2D eigenvalue weighted by Crippen LogP contribution is 2.15. The van der Waals surface area contributed by atoms with Gasteiger partial charge in [0.05, 0.1) is 34.4 Å². The van der Waals surface area contributed by atoms with E-state index in [9.17, 15) is 19.5 Å². The maximum Gasteiger partial charge on any atom is 0.361 e. The van der Waals surface area contributed by atoms with Gasteiger partial charge in [-0.1, -0.05) is 238 Å². The van der Waals surface area contributed by atoms with Gasteiger partial charge in [-0.25, -0.2) is 4.79 Å². The van der Waals surface area contributed by atoms with Crippen molar-refractivity contribution in [1.29, 1.82) is 0 Å². The molecule has 0 aromatic heterocycles. The number of carboxylic acids is 1. The second kappa shape index (κ2) is 57.9. The summed E-state index contributed by atoms with van der Waals surface area (Å²) in [5.74, 6) is -2.02. The van der Waals surface area contributed by atoms with Crippen molar-refractivity contribution in [2.24, 2.45) is 0 Å². The van der Waals surface area contributed by atoms with Crippen LogP contribution in [0, 0.1) is 0 Å². The summed E-state index contributed by atoms with van der Waals surface area (Å²) in [6.07, 6.45) is 78.4. The van der Waals surface area contributed by atoms with E-state index < -0.39 is 24.3 Å². The minimum absolute atomic E-state index is 0.180. The first-order valence-electron chi connectivity index (χ1n) is 30.7. The lowest BCUT2D eigenvalue weighted by Crippen LogP contribution is -2.40. The highest BCUT2D eigenvalue weighted by molar-refractivity contribution is 5.71. The van der Waals surface area contributed by atoms with Crippen molar-refractivity contribution < 1.29 is 42.9 Å². The molecule has 0 saturated carbocycles. The van der Waals surface area contributed by atoms with Gasteiger partial charge in [0.1, 0.15) is 13.2 Å². The Morgan fingerprint density at radius 1 is 0.390 bits per heavy atom. The van der Waals surface area contributed by atoms with Gasteiger partial charge in [-0.3, -0.25) is 9.59 Å². The number of esters is 2. The topological polar surface area (TPSA) is 108 Å². The number of hydrogen-bond donors (Lipinski definition) is 1. The molecule has 77 heavy (non-hydrogen) atoms. The quantitative estimate of drug-likeness (QED) is 0.0211. The van der Waals surface area contributed by atoms with Crippen molar-refractivity contribution in [2.45, 2.75) is 245 Å². The molecule has 438 valence electrons. The third-order valence-corrected chi connectivity index (χ3v) is 12.7. The number of quaternary nitrogens is 1. The fourth-order valence-electron chi connectivity index (χ4n) is 8.07. The van der Waals surface area contributed by atoms with Gasteiger partial charge in [0.25, 0.3) is 6.29 Å². The van der Waals surface area contributed by atoms with Crippen LogP contribution in [-0.2, 0) is 33.3 Å². The third kappa shape index (κ3) is 59.2. The zero-order valence-electron chi connectivity index (χ0n) is 49.8. The molecule has 0 amide bonds. The van der Waals surface area contributed by atoms with Crippen LogP contribution in [0.15, 0.2) is 122 Å². The fourth-order valence-corrected chi connectivity index (χ4v) is 8.07. The number of likely N-dealkylation sites (N-methyl/N-ethyl adjacent to an activating group) is 1. The predicted octanol–water partition coefficient (Wildman–Crippen LogP) is 18.5. The zero-order chi connectivity index (χ0) is 56.2. The second-order valence-electron chi connectivity index (χ2n) is 21.2. The molecule has 0 aliphatic rings. The molecule has 0 fully saturated rings. The number of hydrogen-bond acceptors (Lipinski definition) is 7. The zero-order valence-corrected chi connectivity index (χ0v) is 49.8. The maximum absolute atomic E-state index is 12.9. The van der Waals surface area contributed by atoms with Crippen molar-refractivity contribution in [3.05, 3.63) is 122 Å². The highest BCUT2D eigenvalue weighted by atomic mass is 16.7. The second-order valence-corrected chi connectivity index (χ2v) is 21.2. The van der Waals surface area contributed by atoms with Crippen molar-refractivity contribution >= 4 is 17.9 Å². The number of aliphatic carboxylic acids is 1. The molecule has 2 atom stereocenters. The summed E-state index contributed by atoms with van der Waals surface area (Å²) in [5.41, 5.74) is 0. The summed E-state index contributed by atoms with van der Waals surface area (Å²) < 4.78 is 22.9. The van der Waals surface area contributed by atoms with Crippen LogP contribution in [0.2, 0.25) is 0 Å². The molecule has 0 aliphatic carbocycles. The average molecular weight is 1070 g/mol. The summed E-state index contributed by atoms with van der Waals surface area (Å²) in [7, 11) is 5.96. The van der Waals surface area contributed by atoms with E-state index in [2.05, 4.69) is 135 Å². The molecule has 0 rings (SSSR count). The van der Waals surface area contributed by atoms with Gasteiger partial charge in [-0.15, -0.1) is 0 Å². The molecule has 9 heteroatoms. The van der Waals surface area contributed by atoms with Gasteiger partial charge < -0.3 is 28.5 Å². The summed E-state index contributed by atoms with van der Waals surface area (Å²) in [4.78, 5) is 37.5. The van der Waals surface area contributed by atoms with Crippen LogP contribution < -0.4 is 0 Å². The lowest BCUT2D eigenvalue weighted by molar-refractivity contribution is -0.870. The molecule has 9 nitrogen and oxygen atoms in total. The Balaban J connectivity index is 4.25. The standard InChI is InChI=1S/C68H113NO8/c1-6-8-10-12-14-16-18-20-22-24-26-28-30-31-32-33-34-35-37-39-41-43-45-47-49-51-53-55-57-59-66(71)77-64(63-76-68(67(72)73)74-61-60-69(3,4)5)62-75-65(70)58-56-54-52-50-48-46-44-42-40-38-36-29-27-25-23-21-19-17-15-13-11-9-7-2/h8-11,14-17,20-23,26-29,31-32,34-35,64,68H,6-7,12-13,18-19,24-25,30,33,36-63H2,1-5H3/p+1/b10-8-,11-9-,16-14-,17-15-,22-20-,23-21-,28-26-,29-27-,32-31-,35-34-. The number of rotatable bonds is 55. The lowest BCUT2D eigenvalue weighted by atomic mass is 10.0. The first-order chi connectivity index (χ1) is 37.6. The Bertz CT molecular complexity index is 1670. The minimum atomic E-state index is -1.52. The van der Waals surface area contributed by atoms with Crippen LogP contribution in [0.1, 0.15) is 232 Å². The van der Waals surface area contributed by atoms with Crippen LogP contribution in [0.4, 0.5) is 0 Å². The molecule has 0 aliphatic heterocycles.